The van der Waals surface area contributed by atoms with Crippen molar-refractivity contribution in [2.24, 2.45) is 16.7 Å². The largest absolute Gasteiger partial charge is 0.396 e. The third kappa shape index (κ3) is 3.69. The fourth-order valence-corrected chi connectivity index (χ4v) is 7.66. The lowest BCUT2D eigenvalue weighted by atomic mass is 9.47. The molecule has 2 aliphatic rings. The zero-order chi connectivity index (χ0) is 22.4. The van der Waals surface area contributed by atoms with Gasteiger partial charge in [-0.25, -0.2) is 4.98 Å². The van der Waals surface area contributed by atoms with Crippen molar-refractivity contribution in [2.45, 2.75) is 51.6 Å². The first-order valence-corrected chi connectivity index (χ1v) is 12.7. The average molecular weight is 461 g/mol. The molecule has 0 radical (unpaired) electrons. The molecule has 168 valence electrons. The number of rotatable bonds is 6. The number of thiazole rings is 1. The number of aromatic nitrogens is 1. The molecule has 2 heterocycles. The third-order valence-electron chi connectivity index (χ3n) is 7.87. The highest BCUT2D eigenvalue weighted by Crippen LogP contribution is 2.63. The lowest BCUT2D eigenvalue weighted by Crippen LogP contribution is -2.57. The van der Waals surface area contributed by atoms with Crippen LogP contribution in [0.4, 0.5) is 0 Å². The molecule has 2 aromatic rings. The van der Waals surface area contributed by atoms with Crippen molar-refractivity contribution >= 4 is 28.6 Å². The predicted octanol–water partition coefficient (Wildman–Crippen LogP) is 4.32. The van der Waals surface area contributed by atoms with E-state index in [1.165, 1.54) is 4.88 Å². The number of aliphatic hydroxyl groups excluding tert-OH is 2. The number of likely N-dealkylation sites (N-methyl/N-ethyl adjacent to an activating group) is 1. The van der Waals surface area contributed by atoms with Gasteiger partial charge in [0.2, 0.25) is 5.91 Å². The Morgan fingerprint density at radius 2 is 2.23 bits per heavy atom. The lowest BCUT2D eigenvalue weighted by molar-refractivity contribution is -0.146. The molecule has 1 amide bonds. The molecule has 5 atom stereocenters. The van der Waals surface area contributed by atoms with Crippen molar-refractivity contribution < 1.29 is 15.0 Å². The molecule has 2 aliphatic carbocycles. The molecule has 4 rings (SSSR count). The zero-order valence-electron chi connectivity index (χ0n) is 18.5. The Hall–Kier alpha value is -1.54. The highest BCUT2D eigenvalue weighted by Gasteiger charge is 2.59. The van der Waals surface area contributed by atoms with Gasteiger partial charge in [-0.1, -0.05) is 19.9 Å². The second-order valence-electron chi connectivity index (χ2n) is 9.64. The van der Waals surface area contributed by atoms with E-state index < -0.39 is 11.5 Å². The Morgan fingerprint density at radius 1 is 1.45 bits per heavy atom. The van der Waals surface area contributed by atoms with Crippen LogP contribution in [0.25, 0.3) is 10.6 Å². The molecule has 5 nitrogen and oxygen atoms in total. The Balaban J connectivity index is 1.80. The van der Waals surface area contributed by atoms with Gasteiger partial charge >= 0.3 is 0 Å². The Bertz CT molecular complexity index is 956. The van der Waals surface area contributed by atoms with Gasteiger partial charge in [0.25, 0.3) is 0 Å². The van der Waals surface area contributed by atoms with Gasteiger partial charge in [-0.05, 0) is 42.0 Å². The van der Waals surface area contributed by atoms with Gasteiger partial charge in [0, 0.05) is 47.2 Å². The van der Waals surface area contributed by atoms with E-state index >= 15 is 0 Å². The van der Waals surface area contributed by atoms with Gasteiger partial charge in [0.05, 0.1) is 18.4 Å². The van der Waals surface area contributed by atoms with E-state index in [2.05, 4.69) is 30.3 Å². The van der Waals surface area contributed by atoms with Crippen molar-refractivity contribution in [3.8, 4) is 10.6 Å². The van der Waals surface area contributed by atoms with E-state index in [1.54, 1.807) is 33.6 Å². The van der Waals surface area contributed by atoms with Crippen LogP contribution in [0.2, 0.25) is 0 Å². The van der Waals surface area contributed by atoms with Gasteiger partial charge in [-0.15, -0.1) is 17.9 Å². The van der Waals surface area contributed by atoms with Crippen LogP contribution in [0, 0.1) is 16.7 Å². The SMILES string of the molecule is C=CCN(C)C(=O)C[C@@H]1c2nc(-c3ccsc3)sc2C[C@@H]2[C@](C)(CO)[C@H](O)CC[C@]21C. The molecule has 0 bridgehead atoms. The second-order valence-corrected chi connectivity index (χ2v) is 11.5. The number of nitrogens with zero attached hydrogens (tertiary/aromatic N) is 2. The van der Waals surface area contributed by atoms with Crippen LogP contribution >= 0.6 is 22.7 Å². The number of hydrogen-bond acceptors (Lipinski definition) is 6. The Labute approximate surface area is 192 Å². The standard InChI is InChI=1S/C24H32N2O3S2/c1-5-9-26(4)20(29)11-16-21-17(31-22(25-21)15-7-10-30-13-15)12-18-23(16,2)8-6-19(28)24(18,3)14-27/h5,7,10,13,16,18-19,27-28H,1,6,8-9,11-12,14H2,2-4H3/t16-,18+,19-,23+,24+/m1/s1. The Morgan fingerprint density at radius 3 is 2.87 bits per heavy atom. The predicted molar refractivity (Wildman–Crippen MR) is 126 cm³/mol. The van der Waals surface area contributed by atoms with E-state index in [1.807, 2.05) is 14.0 Å². The zero-order valence-corrected chi connectivity index (χ0v) is 20.1. The summed E-state index contributed by atoms with van der Waals surface area (Å²) in [5, 5.41) is 26.4. The van der Waals surface area contributed by atoms with E-state index in [4.69, 9.17) is 4.98 Å². The maximum atomic E-state index is 13.1. The van der Waals surface area contributed by atoms with Gasteiger partial charge < -0.3 is 15.1 Å². The summed E-state index contributed by atoms with van der Waals surface area (Å²) in [5.74, 6) is 0.127. The summed E-state index contributed by atoms with van der Waals surface area (Å²) in [5.41, 5.74) is 1.36. The number of carbonyl (C=O) groups excluding carboxylic acids is 1. The topological polar surface area (TPSA) is 73.7 Å². The normalized spacial score (nSPS) is 32.2. The summed E-state index contributed by atoms with van der Waals surface area (Å²) in [7, 11) is 1.81. The highest BCUT2D eigenvalue weighted by atomic mass is 32.1. The van der Waals surface area contributed by atoms with Crippen LogP contribution in [0.15, 0.2) is 29.5 Å². The van der Waals surface area contributed by atoms with Crippen LogP contribution in [0.5, 0.6) is 0 Å². The molecule has 0 aliphatic heterocycles. The fraction of sp³-hybridized carbons (Fsp3) is 0.583. The lowest BCUT2D eigenvalue weighted by Gasteiger charge is -2.58. The van der Waals surface area contributed by atoms with E-state index in [0.717, 1.165) is 29.1 Å². The number of amides is 1. The molecule has 31 heavy (non-hydrogen) atoms. The van der Waals surface area contributed by atoms with Crippen molar-refractivity contribution in [1.82, 2.24) is 9.88 Å². The quantitative estimate of drug-likeness (QED) is 0.630. The number of hydrogen-bond donors (Lipinski definition) is 2. The van der Waals surface area contributed by atoms with E-state index in [9.17, 15) is 15.0 Å². The molecule has 0 spiro atoms. The maximum absolute atomic E-state index is 13.1. The number of aliphatic hydroxyl groups is 2. The van der Waals surface area contributed by atoms with Crippen LogP contribution < -0.4 is 0 Å². The molecule has 0 saturated heterocycles. The van der Waals surface area contributed by atoms with Crippen molar-refractivity contribution in [1.29, 1.82) is 0 Å². The molecule has 0 aromatic carbocycles. The molecule has 1 fully saturated rings. The summed E-state index contributed by atoms with van der Waals surface area (Å²) in [4.78, 5) is 21.1. The third-order valence-corrected chi connectivity index (χ3v) is 9.70. The second kappa shape index (κ2) is 8.43. The highest BCUT2D eigenvalue weighted by molar-refractivity contribution is 7.15. The summed E-state index contributed by atoms with van der Waals surface area (Å²) in [6.45, 7) is 8.47. The monoisotopic (exact) mass is 460 g/mol. The van der Waals surface area contributed by atoms with Crippen LogP contribution in [-0.2, 0) is 11.2 Å². The molecule has 2 aromatic heterocycles. The van der Waals surface area contributed by atoms with Gasteiger partial charge in [0.1, 0.15) is 5.01 Å². The summed E-state index contributed by atoms with van der Waals surface area (Å²) < 4.78 is 0. The molecule has 7 heteroatoms. The molecule has 2 N–H and O–H groups in total. The van der Waals surface area contributed by atoms with Gasteiger partial charge in [0.15, 0.2) is 0 Å². The number of thiophene rings is 1. The molecular weight excluding hydrogens is 428 g/mol. The maximum Gasteiger partial charge on any atom is 0.223 e. The van der Waals surface area contributed by atoms with Crippen LogP contribution in [0.3, 0.4) is 0 Å². The minimum absolute atomic E-state index is 0.0389. The minimum Gasteiger partial charge on any atom is -0.396 e. The van der Waals surface area contributed by atoms with E-state index in [0.29, 0.717) is 19.4 Å². The minimum atomic E-state index is -0.592. The fourth-order valence-electron chi connectivity index (χ4n) is 5.78. The van der Waals surface area contributed by atoms with Crippen molar-refractivity contribution in [2.75, 3.05) is 20.2 Å². The van der Waals surface area contributed by atoms with Crippen LogP contribution in [0.1, 0.15) is 49.6 Å². The first kappa shape index (κ1) is 22.6. The molecule has 1 saturated carbocycles. The Kier molecular flexibility index (Phi) is 6.16. The summed E-state index contributed by atoms with van der Waals surface area (Å²) >= 11 is 3.36. The first-order chi connectivity index (χ1) is 14.7. The first-order valence-electron chi connectivity index (χ1n) is 10.9. The average Bonchev–Trinajstić information content (AvgIpc) is 3.42. The summed E-state index contributed by atoms with van der Waals surface area (Å²) in [6, 6.07) is 2.09. The number of fused-ring (bicyclic) bond motifs is 2. The van der Waals surface area contributed by atoms with Gasteiger partial charge in [-0.2, -0.15) is 11.3 Å². The van der Waals surface area contributed by atoms with Crippen LogP contribution in [-0.4, -0.2) is 52.3 Å². The van der Waals surface area contributed by atoms with Crippen molar-refractivity contribution in [3.05, 3.63) is 40.1 Å². The summed E-state index contributed by atoms with van der Waals surface area (Å²) in [6.07, 6.45) is 3.83. The molecular formula is C24H32N2O3S2. The number of carbonyl (C=O) groups is 1. The smallest absolute Gasteiger partial charge is 0.223 e. The van der Waals surface area contributed by atoms with Gasteiger partial charge in [-0.3, -0.25) is 4.79 Å². The van der Waals surface area contributed by atoms with Crippen molar-refractivity contribution in [3.63, 3.8) is 0 Å². The van der Waals surface area contributed by atoms with E-state index in [-0.39, 0.29) is 29.8 Å². The molecule has 0 unspecified atom stereocenters.